The van der Waals surface area contributed by atoms with Gasteiger partial charge in [-0.3, -0.25) is 4.79 Å². The summed E-state index contributed by atoms with van der Waals surface area (Å²) >= 11 is 1.45. The molecule has 0 atom stereocenters. The van der Waals surface area contributed by atoms with Crippen LogP contribution in [0.1, 0.15) is 10.6 Å². The molecule has 2 aromatic carbocycles. The molecule has 3 aromatic rings. The van der Waals surface area contributed by atoms with Crippen molar-refractivity contribution in [2.24, 2.45) is 5.14 Å². The monoisotopic (exact) mass is 445 g/mol. The molecular formula is C20H19N3O5S2. The Morgan fingerprint density at radius 1 is 1.13 bits per heavy atom. The molecule has 10 heteroatoms. The van der Waals surface area contributed by atoms with E-state index < -0.39 is 28.5 Å². The molecule has 0 bridgehead atoms. The average molecular weight is 446 g/mol. The van der Waals surface area contributed by atoms with Gasteiger partial charge in [0.05, 0.1) is 15.1 Å². The molecule has 30 heavy (non-hydrogen) atoms. The highest BCUT2D eigenvalue weighted by molar-refractivity contribution is 7.89. The van der Waals surface area contributed by atoms with Crippen LogP contribution in [0.15, 0.2) is 59.5 Å². The van der Waals surface area contributed by atoms with Gasteiger partial charge in [-0.15, -0.1) is 11.3 Å². The van der Waals surface area contributed by atoms with Crippen molar-refractivity contribution in [3.8, 4) is 0 Å². The highest BCUT2D eigenvalue weighted by Gasteiger charge is 2.08. The van der Waals surface area contributed by atoms with Crippen molar-refractivity contribution >= 4 is 49.5 Å². The zero-order valence-corrected chi connectivity index (χ0v) is 17.4. The number of benzene rings is 2. The number of sulfonamides is 1. The van der Waals surface area contributed by atoms with Crippen molar-refractivity contribution in [2.75, 3.05) is 13.2 Å². The number of nitrogens with one attached hydrogen (secondary N) is 1. The maximum absolute atomic E-state index is 11.8. The third-order valence-electron chi connectivity index (χ3n) is 4.01. The fourth-order valence-electron chi connectivity index (χ4n) is 2.53. The van der Waals surface area contributed by atoms with Crippen LogP contribution in [-0.2, 0) is 30.8 Å². The number of nitrogens with two attached hydrogens (primary N) is 1. The van der Waals surface area contributed by atoms with Gasteiger partial charge in [-0.2, -0.15) is 0 Å². The molecule has 0 saturated carbocycles. The Labute approximate surface area is 177 Å². The molecule has 1 aromatic heterocycles. The Morgan fingerprint density at radius 3 is 2.57 bits per heavy atom. The van der Waals surface area contributed by atoms with Gasteiger partial charge in [-0.25, -0.2) is 23.3 Å². The lowest BCUT2D eigenvalue weighted by Crippen LogP contribution is -2.30. The second-order valence-electron chi connectivity index (χ2n) is 6.25. The molecular weight excluding hydrogens is 426 g/mol. The average Bonchev–Trinajstić information content (AvgIpc) is 3.13. The third-order valence-corrected chi connectivity index (χ3v) is 5.94. The Bertz CT molecular complexity index is 1150. The van der Waals surface area contributed by atoms with Crippen LogP contribution in [0.4, 0.5) is 0 Å². The van der Waals surface area contributed by atoms with Crippen LogP contribution in [0, 0.1) is 0 Å². The second-order valence-corrected chi connectivity index (χ2v) is 8.87. The number of carbonyl (C=O) groups is 2. The Hall–Kier alpha value is -3.08. The van der Waals surface area contributed by atoms with E-state index in [2.05, 4.69) is 10.3 Å². The number of nitrogens with zero attached hydrogens (tertiary/aromatic N) is 1. The van der Waals surface area contributed by atoms with E-state index in [1.807, 2.05) is 24.3 Å². The zero-order chi connectivity index (χ0) is 21.6. The molecule has 156 valence electrons. The van der Waals surface area contributed by atoms with Gasteiger partial charge in [0.25, 0.3) is 5.91 Å². The molecule has 1 heterocycles. The number of para-hydroxylation sites is 1. The first-order chi connectivity index (χ1) is 14.3. The summed E-state index contributed by atoms with van der Waals surface area (Å²) in [5, 5.41) is 8.34. The van der Waals surface area contributed by atoms with Crippen LogP contribution in [0.3, 0.4) is 0 Å². The van der Waals surface area contributed by atoms with Gasteiger partial charge >= 0.3 is 5.97 Å². The van der Waals surface area contributed by atoms with E-state index in [4.69, 9.17) is 9.88 Å². The number of thiazole rings is 1. The number of ether oxygens (including phenoxy) is 1. The first kappa shape index (κ1) is 21.6. The van der Waals surface area contributed by atoms with Crippen LogP contribution in [0.25, 0.3) is 16.3 Å². The molecule has 3 N–H and O–H groups in total. The minimum Gasteiger partial charge on any atom is -0.452 e. The topological polar surface area (TPSA) is 128 Å². The molecule has 0 aliphatic carbocycles. The van der Waals surface area contributed by atoms with E-state index in [0.29, 0.717) is 18.0 Å². The number of esters is 1. The van der Waals surface area contributed by atoms with Crippen LogP contribution in [0.2, 0.25) is 0 Å². The molecule has 0 radical (unpaired) electrons. The Kier molecular flexibility index (Phi) is 6.93. The van der Waals surface area contributed by atoms with Gasteiger partial charge in [0.2, 0.25) is 10.0 Å². The van der Waals surface area contributed by atoms with Gasteiger partial charge in [0.15, 0.2) is 6.61 Å². The van der Waals surface area contributed by atoms with Crippen LogP contribution >= 0.6 is 11.3 Å². The van der Waals surface area contributed by atoms with E-state index in [0.717, 1.165) is 15.8 Å². The van der Waals surface area contributed by atoms with Gasteiger partial charge in [-0.05, 0) is 42.3 Å². The predicted molar refractivity (Wildman–Crippen MR) is 114 cm³/mol. The normalized spacial score (nSPS) is 11.6. The lowest BCUT2D eigenvalue weighted by molar-refractivity contribution is -0.143. The Balaban J connectivity index is 1.39. The quantitative estimate of drug-likeness (QED) is 0.402. The summed E-state index contributed by atoms with van der Waals surface area (Å²) in [6.45, 7) is -0.0833. The number of aromatic nitrogens is 1. The summed E-state index contributed by atoms with van der Waals surface area (Å²) in [6.07, 6.45) is 3.27. The van der Waals surface area contributed by atoms with E-state index in [1.165, 1.54) is 29.5 Å². The van der Waals surface area contributed by atoms with Crippen molar-refractivity contribution in [1.29, 1.82) is 0 Å². The van der Waals surface area contributed by atoms with E-state index in [1.54, 1.807) is 18.2 Å². The minimum atomic E-state index is -3.73. The smallest absolute Gasteiger partial charge is 0.331 e. The van der Waals surface area contributed by atoms with Gasteiger partial charge in [-0.1, -0.05) is 24.3 Å². The lowest BCUT2D eigenvalue weighted by atomic mass is 10.1. The maximum atomic E-state index is 11.8. The number of rotatable bonds is 8. The lowest BCUT2D eigenvalue weighted by Gasteiger charge is -2.06. The number of primary sulfonamides is 1. The van der Waals surface area contributed by atoms with Gasteiger partial charge < -0.3 is 10.1 Å². The largest absolute Gasteiger partial charge is 0.452 e. The zero-order valence-electron chi connectivity index (χ0n) is 15.8. The molecule has 0 unspecified atom stereocenters. The summed E-state index contributed by atoms with van der Waals surface area (Å²) in [5.74, 6) is -1.07. The molecule has 3 rings (SSSR count). The highest BCUT2D eigenvalue weighted by atomic mass is 32.2. The standard InChI is InChI=1S/C20H19N3O5S2/c21-30(26,27)15-7-5-14(6-8-15)11-12-22-18(24)13-28-20(25)10-9-19-23-16-3-1-2-4-17(16)29-19/h1-10H,11-13H2,(H,22,24)(H2,21,26,27). The Morgan fingerprint density at radius 2 is 1.87 bits per heavy atom. The summed E-state index contributed by atoms with van der Waals surface area (Å²) in [6, 6.07) is 13.7. The highest BCUT2D eigenvalue weighted by Crippen LogP contribution is 2.22. The SMILES string of the molecule is NS(=O)(=O)c1ccc(CCNC(=O)COC(=O)C=Cc2nc3ccccc3s2)cc1. The summed E-state index contributed by atoms with van der Waals surface area (Å²) in [5.41, 5.74) is 1.69. The molecule has 8 nitrogen and oxygen atoms in total. The molecule has 0 fully saturated rings. The first-order valence-electron chi connectivity index (χ1n) is 8.90. The molecule has 1 amide bonds. The third kappa shape index (κ3) is 6.21. The number of hydrogen-bond donors (Lipinski definition) is 2. The van der Waals surface area contributed by atoms with Crippen molar-refractivity contribution in [3.63, 3.8) is 0 Å². The van der Waals surface area contributed by atoms with E-state index >= 15 is 0 Å². The predicted octanol–water partition coefficient (Wildman–Crippen LogP) is 1.86. The molecule has 0 aliphatic rings. The number of hydrogen-bond acceptors (Lipinski definition) is 7. The van der Waals surface area contributed by atoms with Crippen molar-refractivity contribution in [3.05, 3.63) is 65.2 Å². The van der Waals surface area contributed by atoms with Gasteiger partial charge in [0, 0.05) is 12.6 Å². The summed E-state index contributed by atoms with van der Waals surface area (Å²) in [7, 11) is -3.73. The number of amides is 1. The van der Waals surface area contributed by atoms with Crippen molar-refractivity contribution in [2.45, 2.75) is 11.3 Å². The molecule has 0 spiro atoms. The molecule has 0 saturated heterocycles. The summed E-state index contributed by atoms with van der Waals surface area (Å²) < 4.78 is 28.4. The first-order valence-corrected chi connectivity index (χ1v) is 11.3. The molecule has 0 aliphatic heterocycles. The van der Waals surface area contributed by atoms with E-state index in [9.17, 15) is 18.0 Å². The van der Waals surface area contributed by atoms with Crippen molar-refractivity contribution < 1.29 is 22.7 Å². The van der Waals surface area contributed by atoms with Gasteiger partial charge in [0.1, 0.15) is 5.01 Å². The minimum absolute atomic E-state index is 0.0288. The number of carbonyl (C=O) groups excluding carboxylic acids is 2. The summed E-state index contributed by atoms with van der Waals surface area (Å²) in [4.78, 5) is 28.0. The van der Waals surface area contributed by atoms with Crippen LogP contribution in [0.5, 0.6) is 0 Å². The number of fused-ring (bicyclic) bond motifs is 1. The van der Waals surface area contributed by atoms with Crippen LogP contribution in [-0.4, -0.2) is 38.4 Å². The van der Waals surface area contributed by atoms with E-state index in [-0.39, 0.29) is 4.90 Å². The fourth-order valence-corrected chi connectivity index (χ4v) is 3.91. The second kappa shape index (κ2) is 9.61. The van der Waals surface area contributed by atoms with Crippen molar-refractivity contribution in [1.82, 2.24) is 10.3 Å². The maximum Gasteiger partial charge on any atom is 0.331 e. The van der Waals surface area contributed by atoms with Crippen LogP contribution < -0.4 is 10.5 Å². The fraction of sp³-hybridized carbons (Fsp3) is 0.150.